The summed E-state index contributed by atoms with van der Waals surface area (Å²) >= 11 is 0. The van der Waals surface area contributed by atoms with Crippen molar-refractivity contribution in [3.8, 4) is 0 Å². The first-order valence-electron chi connectivity index (χ1n) is 4.86. The summed E-state index contributed by atoms with van der Waals surface area (Å²) < 4.78 is 21.8. The van der Waals surface area contributed by atoms with Gasteiger partial charge in [0.2, 0.25) is 0 Å². The van der Waals surface area contributed by atoms with E-state index in [-0.39, 0.29) is 0 Å². The van der Waals surface area contributed by atoms with E-state index in [4.69, 9.17) is 0 Å². The summed E-state index contributed by atoms with van der Waals surface area (Å²) in [5.41, 5.74) is 0. The van der Waals surface area contributed by atoms with Crippen molar-refractivity contribution >= 4 is 9.84 Å². The molecule has 0 amide bonds. The second kappa shape index (κ2) is 4.42. The van der Waals surface area contributed by atoms with Gasteiger partial charge in [-0.1, -0.05) is 0 Å². The van der Waals surface area contributed by atoms with Gasteiger partial charge in [0.15, 0.2) is 0 Å². The SMILES string of the molecule is CNC1CCC(CCS(C)(=O)=O)C1. The topological polar surface area (TPSA) is 46.2 Å². The molecule has 0 heterocycles. The molecule has 0 bridgehead atoms. The first-order chi connectivity index (χ1) is 6.01. The van der Waals surface area contributed by atoms with Crippen molar-refractivity contribution in [2.24, 2.45) is 5.92 Å². The third-order valence-corrected chi connectivity index (χ3v) is 3.82. The van der Waals surface area contributed by atoms with E-state index in [2.05, 4.69) is 5.32 Å². The van der Waals surface area contributed by atoms with E-state index in [1.165, 1.54) is 19.1 Å². The fourth-order valence-corrected chi connectivity index (χ4v) is 2.74. The Balaban J connectivity index is 2.25. The predicted molar refractivity (Wildman–Crippen MR) is 54.5 cm³/mol. The first-order valence-corrected chi connectivity index (χ1v) is 6.92. The molecule has 1 rings (SSSR count). The third-order valence-electron chi connectivity index (χ3n) is 2.85. The largest absolute Gasteiger partial charge is 0.317 e. The average Bonchev–Trinajstić information content (AvgIpc) is 2.47. The molecule has 1 N–H and O–H groups in total. The van der Waals surface area contributed by atoms with Crippen LogP contribution in [0.3, 0.4) is 0 Å². The summed E-state index contributed by atoms with van der Waals surface area (Å²) in [6.45, 7) is 0. The van der Waals surface area contributed by atoms with Gasteiger partial charge in [0.25, 0.3) is 0 Å². The summed E-state index contributed by atoms with van der Waals surface area (Å²) in [5, 5.41) is 3.24. The van der Waals surface area contributed by atoms with Crippen LogP contribution in [0.15, 0.2) is 0 Å². The average molecular weight is 205 g/mol. The van der Waals surface area contributed by atoms with Crippen molar-refractivity contribution < 1.29 is 8.42 Å². The van der Waals surface area contributed by atoms with Crippen molar-refractivity contribution in [1.82, 2.24) is 5.32 Å². The molecule has 78 valence electrons. The Morgan fingerprint density at radius 3 is 2.54 bits per heavy atom. The Kier molecular flexibility index (Phi) is 3.74. The molecule has 0 saturated heterocycles. The van der Waals surface area contributed by atoms with Crippen molar-refractivity contribution in [1.29, 1.82) is 0 Å². The van der Waals surface area contributed by atoms with Crippen molar-refractivity contribution in [2.75, 3.05) is 19.1 Å². The summed E-state index contributed by atoms with van der Waals surface area (Å²) in [6.07, 6.45) is 5.69. The normalized spacial score (nSPS) is 29.4. The van der Waals surface area contributed by atoms with Crippen LogP contribution >= 0.6 is 0 Å². The molecule has 1 fully saturated rings. The highest BCUT2D eigenvalue weighted by Gasteiger charge is 2.23. The van der Waals surface area contributed by atoms with Crippen LogP contribution in [0.25, 0.3) is 0 Å². The van der Waals surface area contributed by atoms with Gasteiger partial charge < -0.3 is 5.32 Å². The predicted octanol–water partition coefficient (Wildman–Crippen LogP) is 0.809. The van der Waals surface area contributed by atoms with E-state index >= 15 is 0 Å². The molecule has 2 unspecified atom stereocenters. The molecule has 0 aliphatic heterocycles. The second-order valence-corrected chi connectivity index (χ2v) is 6.34. The van der Waals surface area contributed by atoms with E-state index in [0.717, 1.165) is 12.8 Å². The Labute approximate surface area is 80.8 Å². The van der Waals surface area contributed by atoms with E-state index < -0.39 is 9.84 Å². The number of hydrogen-bond donors (Lipinski definition) is 1. The molecule has 1 aliphatic carbocycles. The monoisotopic (exact) mass is 205 g/mol. The molecule has 0 aromatic heterocycles. The number of rotatable bonds is 4. The highest BCUT2D eigenvalue weighted by Crippen LogP contribution is 2.28. The Morgan fingerprint density at radius 2 is 2.08 bits per heavy atom. The molecule has 13 heavy (non-hydrogen) atoms. The lowest BCUT2D eigenvalue weighted by Crippen LogP contribution is -2.21. The van der Waals surface area contributed by atoms with Crippen molar-refractivity contribution in [3.63, 3.8) is 0 Å². The minimum Gasteiger partial charge on any atom is -0.317 e. The molecular weight excluding hydrogens is 186 g/mol. The Hall–Kier alpha value is -0.0900. The van der Waals surface area contributed by atoms with Crippen LogP contribution in [-0.2, 0) is 9.84 Å². The van der Waals surface area contributed by atoms with Crippen LogP contribution in [0.5, 0.6) is 0 Å². The summed E-state index contributed by atoms with van der Waals surface area (Å²) in [4.78, 5) is 0. The highest BCUT2D eigenvalue weighted by atomic mass is 32.2. The molecule has 0 spiro atoms. The van der Waals surface area contributed by atoms with Gasteiger partial charge in [-0.2, -0.15) is 0 Å². The van der Waals surface area contributed by atoms with Crippen LogP contribution in [0.2, 0.25) is 0 Å². The smallest absolute Gasteiger partial charge is 0.147 e. The quantitative estimate of drug-likeness (QED) is 0.739. The third kappa shape index (κ3) is 4.09. The van der Waals surface area contributed by atoms with E-state index in [1.54, 1.807) is 0 Å². The molecule has 1 aliphatic rings. The van der Waals surface area contributed by atoms with Gasteiger partial charge in [-0.05, 0) is 38.6 Å². The fraction of sp³-hybridized carbons (Fsp3) is 1.00. The molecule has 2 atom stereocenters. The highest BCUT2D eigenvalue weighted by molar-refractivity contribution is 7.90. The van der Waals surface area contributed by atoms with Gasteiger partial charge in [0.05, 0.1) is 5.75 Å². The van der Waals surface area contributed by atoms with Crippen LogP contribution in [0.4, 0.5) is 0 Å². The molecule has 0 radical (unpaired) electrons. The lowest BCUT2D eigenvalue weighted by Gasteiger charge is -2.09. The molecule has 3 nitrogen and oxygen atoms in total. The first kappa shape index (κ1) is 11.0. The van der Waals surface area contributed by atoms with Gasteiger partial charge in [0.1, 0.15) is 9.84 Å². The number of sulfone groups is 1. The fourth-order valence-electron chi connectivity index (χ4n) is 1.98. The van der Waals surface area contributed by atoms with Crippen LogP contribution < -0.4 is 5.32 Å². The van der Waals surface area contributed by atoms with Gasteiger partial charge in [0, 0.05) is 12.3 Å². The summed E-state index contributed by atoms with van der Waals surface area (Å²) in [7, 11) is -0.780. The van der Waals surface area contributed by atoms with Crippen LogP contribution in [0, 0.1) is 5.92 Å². The van der Waals surface area contributed by atoms with Crippen LogP contribution in [-0.4, -0.2) is 33.5 Å². The molecular formula is C9H19NO2S. The van der Waals surface area contributed by atoms with E-state index in [9.17, 15) is 8.42 Å². The Bertz CT molecular complexity index is 248. The Morgan fingerprint density at radius 1 is 1.38 bits per heavy atom. The molecule has 4 heteroatoms. The zero-order valence-corrected chi connectivity index (χ0v) is 9.23. The number of hydrogen-bond acceptors (Lipinski definition) is 3. The maximum absolute atomic E-state index is 10.9. The minimum absolute atomic E-state index is 0.355. The molecule has 1 saturated carbocycles. The van der Waals surface area contributed by atoms with Gasteiger partial charge in [-0.15, -0.1) is 0 Å². The summed E-state index contributed by atoms with van der Waals surface area (Å²) in [6, 6.07) is 0.615. The minimum atomic E-state index is -2.76. The van der Waals surface area contributed by atoms with Gasteiger partial charge >= 0.3 is 0 Å². The molecule has 0 aromatic carbocycles. The maximum atomic E-state index is 10.9. The lowest BCUT2D eigenvalue weighted by molar-refractivity contribution is 0.495. The molecule has 0 aromatic rings. The van der Waals surface area contributed by atoms with E-state index in [1.807, 2.05) is 7.05 Å². The van der Waals surface area contributed by atoms with E-state index in [0.29, 0.717) is 17.7 Å². The van der Waals surface area contributed by atoms with Gasteiger partial charge in [-0.25, -0.2) is 8.42 Å². The second-order valence-electron chi connectivity index (χ2n) is 4.08. The van der Waals surface area contributed by atoms with Gasteiger partial charge in [-0.3, -0.25) is 0 Å². The zero-order chi connectivity index (χ0) is 9.90. The van der Waals surface area contributed by atoms with Crippen molar-refractivity contribution in [2.45, 2.75) is 31.7 Å². The number of nitrogens with one attached hydrogen (secondary N) is 1. The summed E-state index contributed by atoms with van der Waals surface area (Å²) in [5.74, 6) is 0.973. The van der Waals surface area contributed by atoms with Crippen LogP contribution in [0.1, 0.15) is 25.7 Å². The standard InChI is InChI=1S/C9H19NO2S/c1-10-9-4-3-8(7-9)5-6-13(2,11)12/h8-10H,3-7H2,1-2H3. The lowest BCUT2D eigenvalue weighted by atomic mass is 10.1. The van der Waals surface area contributed by atoms with Crippen molar-refractivity contribution in [3.05, 3.63) is 0 Å². The maximum Gasteiger partial charge on any atom is 0.147 e. The zero-order valence-electron chi connectivity index (χ0n) is 8.41.